The number of carbonyl (C=O) groups excluding carboxylic acids is 2. The van der Waals surface area contributed by atoms with Crippen molar-refractivity contribution >= 4 is 11.9 Å². The van der Waals surface area contributed by atoms with Crippen molar-refractivity contribution in [2.75, 3.05) is 7.11 Å². The standard InChI is InChI=1S/C16H17NO4/c1-16(2)14-13(15(19)21-16)10(8-12(18)17-14)9-6-4-5-7-11(9)20-3/h4-7,10H,8H2,1-3H3,(H,17,18)/t10-/m1/s1. The summed E-state index contributed by atoms with van der Waals surface area (Å²) in [4.78, 5) is 24.3. The highest BCUT2D eigenvalue weighted by atomic mass is 16.6. The highest BCUT2D eigenvalue weighted by molar-refractivity contribution is 5.99. The van der Waals surface area contributed by atoms with E-state index in [0.717, 1.165) is 5.56 Å². The predicted molar refractivity (Wildman–Crippen MR) is 75.7 cm³/mol. The summed E-state index contributed by atoms with van der Waals surface area (Å²) in [5, 5.41) is 2.79. The van der Waals surface area contributed by atoms with Crippen LogP contribution in [0.2, 0.25) is 0 Å². The molecule has 2 aliphatic rings. The summed E-state index contributed by atoms with van der Waals surface area (Å²) in [5.74, 6) is -0.150. The molecule has 0 unspecified atom stereocenters. The maximum Gasteiger partial charge on any atom is 0.337 e. The smallest absolute Gasteiger partial charge is 0.337 e. The summed E-state index contributed by atoms with van der Waals surface area (Å²) in [5.41, 5.74) is 1.13. The van der Waals surface area contributed by atoms with Gasteiger partial charge >= 0.3 is 5.97 Å². The first-order valence-electron chi connectivity index (χ1n) is 6.85. The van der Waals surface area contributed by atoms with E-state index in [1.54, 1.807) is 21.0 Å². The van der Waals surface area contributed by atoms with Crippen molar-refractivity contribution < 1.29 is 19.1 Å². The van der Waals surface area contributed by atoms with Gasteiger partial charge in [0.05, 0.1) is 18.4 Å². The van der Waals surface area contributed by atoms with E-state index in [0.29, 0.717) is 17.0 Å². The average molecular weight is 287 g/mol. The van der Waals surface area contributed by atoms with Crippen LogP contribution in [0.25, 0.3) is 0 Å². The molecule has 0 aliphatic carbocycles. The number of nitrogens with one attached hydrogen (secondary N) is 1. The van der Waals surface area contributed by atoms with Crippen molar-refractivity contribution in [1.29, 1.82) is 0 Å². The highest BCUT2D eigenvalue weighted by Crippen LogP contribution is 2.44. The molecular weight excluding hydrogens is 270 g/mol. The Balaban J connectivity index is 2.16. The second kappa shape index (κ2) is 4.62. The highest BCUT2D eigenvalue weighted by Gasteiger charge is 2.47. The van der Waals surface area contributed by atoms with Crippen molar-refractivity contribution in [2.24, 2.45) is 0 Å². The number of rotatable bonds is 2. The van der Waals surface area contributed by atoms with Gasteiger partial charge in [0, 0.05) is 17.9 Å². The van der Waals surface area contributed by atoms with Gasteiger partial charge in [-0.1, -0.05) is 18.2 Å². The van der Waals surface area contributed by atoms with E-state index in [9.17, 15) is 9.59 Å². The number of methoxy groups -OCH3 is 1. The third kappa shape index (κ3) is 2.09. The van der Waals surface area contributed by atoms with Crippen LogP contribution in [0.1, 0.15) is 31.7 Å². The van der Waals surface area contributed by atoms with E-state index >= 15 is 0 Å². The minimum Gasteiger partial charge on any atom is -0.496 e. The molecule has 1 amide bonds. The molecule has 0 spiro atoms. The van der Waals surface area contributed by atoms with Gasteiger partial charge in [-0.05, 0) is 19.9 Å². The summed E-state index contributed by atoms with van der Waals surface area (Å²) in [6.07, 6.45) is 0.213. The quantitative estimate of drug-likeness (QED) is 0.844. The molecule has 0 fully saturated rings. The van der Waals surface area contributed by atoms with E-state index < -0.39 is 5.60 Å². The van der Waals surface area contributed by atoms with Crippen LogP contribution in [0.5, 0.6) is 5.75 Å². The Morgan fingerprint density at radius 3 is 2.71 bits per heavy atom. The first-order chi connectivity index (χ1) is 9.94. The fraction of sp³-hybridized carbons (Fsp3) is 0.375. The average Bonchev–Trinajstić information content (AvgIpc) is 2.68. The number of cyclic esters (lactones) is 1. The molecule has 2 heterocycles. The normalized spacial score (nSPS) is 23.5. The molecule has 21 heavy (non-hydrogen) atoms. The molecule has 110 valence electrons. The number of hydrogen-bond donors (Lipinski definition) is 1. The molecule has 5 heteroatoms. The van der Waals surface area contributed by atoms with E-state index in [4.69, 9.17) is 9.47 Å². The van der Waals surface area contributed by atoms with Gasteiger partial charge in [0.25, 0.3) is 0 Å². The summed E-state index contributed by atoms with van der Waals surface area (Å²) < 4.78 is 10.8. The van der Waals surface area contributed by atoms with Gasteiger partial charge in [0.15, 0.2) is 0 Å². The molecule has 5 nitrogen and oxygen atoms in total. The summed E-state index contributed by atoms with van der Waals surface area (Å²) in [6, 6.07) is 7.44. The molecule has 1 aromatic rings. The number of amides is 1. The number of benzene rings is 1. The van der Waals surface area contributed by atoms with E-state index in [-0.39, 0.29) is 24.2 Å². The number of para-hydroxylation sites is 1. The fourth-order valence-corrected chi connectivity index (χ4v) is 3.00. The molecule has 1 N–H and O–H groups in total. The van der Waals surface area contributed by atoms with Crippen LogP contribution in [0, 0.1) is 0 Å². The predicted octanol–water partition coefficient (Wildman–Crippen LogP) is 1.89. The summed E-state index contributed by atoms with van der Waals surface area (Å²) in [7, 11) is 1.58. The van der Waals surface area contributed by atoms with Crippen molar-refractivity contribution in [2.45, 2.75) is 31.8 Å². The van der Waals surface area contributed by atoms with E-state index in [1.807, 2.05) is 24.3 Å². The van der Waals surface area contributed by atoms with Crippen molar-refractivity contribution in [3.05, 3.63) is 41.1 Å². The zero-order valence-corrected chi connectivity index (χ0v) is 12.2. The second-order valence-electron chi connectivity index (χ2n) is 5.74. The lowest BCUT2D eigenvalue weighted by molar-refractivity contribution is -0.144. The molecule has 0 radical (unpaired) electrons. The topological polar surface area (TPSA) is 64.6 Å². The number of esters is 1. The molecular formula is C16H17NO4. The van der Waals surface area contributed by atoms with Gasteiger partial charge in [0.1, 0.15) is 11.4 Å². The third-order valence-electron chi connectivity index (χ3n) is 3.96. The van der Waals surface area contributed by atoms with Crippen LogP contribution in [0.4, 0.5) is 0 Å². The Hall–Kier alpha value is -2.30. The van der Waals surface area contributed by atoms with Crippen LogP contribution < -0.4 is 10.1 Å². The van der Waals surface area contributed by atoms with Gasteiger partial charge in [-0.3, -0.25) is 4.79 Å². The van der Waals surface area contributed by atoms with Crippen LogP contribution in [0.3, 0.4) is 0 Å². The molecule has 0 saturated carbocycles. The van der Waals surface area contributed by atoms with Crippen LogP contribution in [0.15, 0.2) is 35.5 Å². The SMILES string of the molecule is COc1ccccc1[C@H]1CC(=O)NC2=C1C(=O)OC2(C)C. The lowest BCUT2D eigenvalue weighted by atomic mass is 9.82. The van der Waals surface area contributed by atoms with Gasteiger partial charge in [0.2, 0.25) is 5.91 Å². The maximum atomic E-state index is 12.2. The first-order valence-corrected chi connectivity index (χ1v) is 6.85. The zero-order chi connectivity index (χ0) is 15.2. The molecule has 0 bridgehead atoms. The Kier molecular flexibility index (Phi) is 3.01. The van der Waals surface area contributed by atoms with Crippen molar-refractivity contribution in [3.8, 4) is 5.75 Å². The Morgan fingerprint density at radius 2 is 2.00 bits per heavy atom. The third-order valence-corrected chi connectivity index (χ3v) is 3.96. The van der Waals surface area contributed by atoms with Crippen molar-refractivity contribution in [1.82, 2.24) is 5.32 Å². The second-order valence-corrected chi connectivity index (χ2v) is 5.74. The lowest BCUT2D eigenvalue weighted by Gasteiger charge is -2.27. The summed E-state index contributed by atoms with van der Waals surface area (Å²) >= 11 is 0. The van der Waals surface area contributed by atoms with Crippen LogP contribution in [-0.2, 0) is 14.3 Å². The Bertz CT molecular complexity index is 660. The minimum absolute atomic E-state index is 0.115. The molecule has 2 aliphatic heterocycles. The number of hydrogen-bond acceptors (Lipinski definition) is 4. The largest absolute Gasteiger partial charge is 0.496 e. The summed E-state index contributed by atoms with van der Waals surface area (Å²) in [6.45, 7) is 3.55. The Morgan fingerprint density at radius 1 is 1.29 bits per heavy atom. The van der Waals surface area contributed by atoms with E-state index in [2.05, 4.69) is 5.32 Å². The molecule has 0 saturated heterocycles. The van der Waals surface area contributed by atoms with Crippen LogP contribution in [-0.4, -0.2) is 24.6 Å². The van der Waals surface area contributed by atoms with E-state index in [1.165, 1.54) is 0 Å². The molecule has 1 atom stereocenters. The van der Waals surface area contributed by atoms with Gasteiger partial charge in [-0.2, -0.15) is 0 Å². The van der Waals surface area contributed by atoms with Gasteiger partial charge in [-0.15, -0.1) is 0 Å². The number of ether oxygens (including phenoxy) is 2. The maximum absolute atomic E-state index is 12.2. The minimum atomic E-state index is -0.803. The fourth-order valence-electron chi connectivity index (χ4n) is 3.00. The molecule has 3 rings (SSSR count). The lowest BCUT2D eigenvalue weighted by Crippen LogP contribution is -2.38. The Labute approximate surface area is 122 Å². The van der Waals surface area contributed by atoms with Crippen LogP contribution >= 0.6 is 0 Å². The first kappa shape index (κ1) is 13.7. The van der Waals surface area contributed by atoms with Gasteiger partial charge in [-0.25, -0.2) is 4.79 Å². The number of carbonyl (C=O) groups is 2. The van der Waals surface area contributed by atoms with Gasteiger partial charge < -0.3 is 14.8 Å². The zero-order valence-electron chi connectivity index (χ0n) is 12.2. The monoisotopic (exact) mass is 287 g/mol. The van der Waals surface area contributed by atoms with Crippen molar-refractivity contribution in [3.63, 3.8) is 0 Å². The molecule has 1 aromatic carbocycles. The molecule has 0 aromatic heterocycles.